The zero-order valence-electron chi connectivity index (χ0n) is 20.1. The van der Waals surface area contributed by atoms with Crippen LogP contribution >= 0.6 is 7.75 Å². The van der Waals surface area contributed by atoms with E-state index >= 15 is 4.39 Å². The molecule has 0 radical (unpaired) electrons. The van der Waals surface area contributed by atoms with Crippen molar-refractivity contribution >= 4 is 13.7 Å². The SMILES string of the molecule is CC(C)OC(=O)C(C)NP(=O)(OC[C@@H]1O[C@@H](n2ccc(=O)[nH]c2=O)[C@](C)(F)C1O)Oc1ccccc1. The Bertz CT molecular complexity index is 1220. The molecule has 0 saturated carbocycles. The molecule has 1 aliphatic heterocycles. The summed E-state index contributed by atoms with van der Waals surface area (Å²) in [4.78, 5) is 37.7. The quantitative estimate of drug-likeness (QED) is 0.305. The second-order valence-corrected chi connectivity index (χ2v) is 10.4. The number of halogens is 1. The Morgan fingerprint density at radius 3 is 2.56 bits per heavy atom. The molecule has 0 bridgehead atoms. The third-order valence-corrected chi connectivity index (χ3v) is 6.90. The van der Waals surface area contributed by atoms with E-state index in [1.807, 2.05) is 4.98 Å². The number of aliphatic hydroxyl groups is 1. The first-order valence-corrected chi connectivity index (χ1v) is 12.7. The number of benzene rings is 1. The zero-order chi connectivity index (χ0) is 26.7. The first-order chi connectivity index (χ1) is 16.8. The largest absolute Gasteiger partial charge is 0.462 e. The molecule has 3 unspecified atom stereocenters. The minimum absolute atomic E-state index is 0.152. The van der Waals surface area contributed by atoms with Crippen molar-refractivity contribution in [3.63, 3.8) is 0 Å². The predicted molar refractivity (Wildman–Crippen MR) is 125 cm³/mol. The number of H-pyrrole nitrogens is 1. The van der Waals surface area contributed by atoms with Crippen LogP contribution in [0.25, 0.3) is 0 Å². The van der Waals surface area contributed by atoms with E-state index in [1.165, 1.54) is 19.1 Å². The number of carbonyl (C=O) groups is 1. The monoisotopic (exact) mass is 529 g/mol. The van der Waals surface area contributed by atoms with Crippen molar-refractivity contribution in [3.05, 3.63) is 63.4 Å². The molecule has 2 aromatic rings. The predicted octanol–water partition coefficient (Wildman–Crippen LogP) is 1.66. The fourth-order valence-electron chi connectivity index (χ4n) is 3.47. The van der Waals surface area contributed by atoms with Crippen molar-refractivity contribution in [3.8, 4) is 5.75 Å². The molecule has 6 atom stereocenters. The summed E-state index contributed by atoms with van der Waals surface area (Å²) in [5, 5.41) is 13.0. The highest BCUT2D eigenvalue weighted by molar-refractivity contribution is 7.52. The summed E-state index contributed by atoms with van der Waals surface area (Å²) in [7, 11) is -4.30. The summed E-state index contributed by atoms with van der Waals surface area (Å²) in [6.07, 6.45) is -4.21. The summed E-state index contributed by atoms with van der Waals surface area (Å²) in [6, 6.07) is 7.86. The number of nitrogens with one attached hydrogen (secondary N) is 2. The number of ether oxygens (including phenoxy) is 2. The van der Waals surface area contributed by atoms with Crippen LogP contribution in [0.15, 0.2) is 52.2 Å². The topological polar surface area (TPSA) is 158 Å². The Morgan fingerprint density at radius 2 is 1.94 bits per heavy atom. The molecule has 2 heterocycles. The van der Waals surface area contributed by atoms with Crippen LogP contribution < -0.4 is 20.9 Å². The second kappa shape index (κ2) is 11.1. The number of para-hydroxylation sites is 1. The van der Waals surface area contributed by atoms with Crippen LogP contribution in [0.5, 0.6) is 5.75 Å². The molecule has 1 aromatic heterocycles. The fourth-order valence-corrected chi connectivity index (χ4v) is 4.97. The molecule has 1 aliphatic rings. The summed E-state index contributed by atoms with van der Waals surface area (Å²) in [6.45, 7) is 5.07. The Balaban J connectivity index is 1.80. The van der Waals surface area contributed by atoms with Crippen molar-refractivity contribution in [2.45, 2.75) is 63.9 Å². The van der Waals surface area contributed by atoms with Gasteiger partial charge in [-0.25, -0.2) is 13.8 Å². The number of carbonyl (C=O) groups excluding carboxylic acids is 1. The molecule has 3 N–H and O–H groups in total. The maximum Gasteiger partial charge on any atom is 0.459 e. The Hall–Kier alpha value is -2.83. The third kappa shape index (κ3) is 6.48. The molecule has 1 saturated heterocycles. The summed E-state index contributed by atoms with van der Waals surface area (Å²) >= 11 is 0. The van der Waals surface area contributed by atoms with E-state index in [9.17, 15) is 24.1 Å². The third-order valence-electron chi connectivity index (χ3n) is 5.26. The maximum absolute atomic E-state index is 15.4. The van der Waals surface area contributed by atoms with Crippen LogP contribution in [-0.4, -0.2) is 57.3 Å². The van der Waals surface area contributed by atoms with E-state index in [1.54, 1.807) is 32.0 Å². The van der Waals surface area contributed by atoms with Crippen molar-refractivity contribution < 1.29 is 37.4 Å². The van der Waals surface area contributed by atoms with Crippen LogP contribution in [0.3, 0.4) is 0 Å². The van der Waals surface area contributed by atoms with E-state index in [0.29, 0.717) is 0 Å². The van der Waals surface area contributed by atoms with Gasteiger partial charge in [-0.3, -0.25) is 23.7 Å². The molecule has 36 heavy (non-hydrogen) atoms. The number of aliphatic hydroxyl groups excluding tert-OH is 1. The normalized spacial score (nSPS) is 26.4. The number of esters is 1. The molecule has 198 valence electrons. The van der Waals surface area contributed by atoms with Gasteiger partial charge in [0.2, 0.25) is 0 Å². The van der Waals surface area contributed by atoms with Gasteiger partial charge in [-0.15, -0.1) is 0 Å². The van der Waals surface area contributed by atoms with Gasteiger partial charge < -0.3 is 19.1 Å². The van der Waals surface area contributed by atoms with Crippen LogP contribution in [-0.2, 0) is 23.4 Å². The Labute approximate surface area is 205 Å². The molecule has 0 amide bonds. The van der Waals surface area contributed by atoms with Gasteiger partial charge in [0.1, 0.15) is 24.0 Å². The number of aromatic nitrogens is 2. The Kier molecular flexibility index (Phi) is 8.52. The fraction of sp³-hybridized carbons (Fsp3) is 0.500. The summed E-state index contributed by atoms with van der Waals surface area (Å²) in [5.41, 5.74) is -4.12. The zero-order valence-corrected chi connectivity index (χ0v) is 21.0. The molecule has 14 heteroatoms. The summed E-state index contributed by atoms with van der Waals surface area (Å²) in [5.74, 6) is -0.560. The van der Waals surface area contributed by atoms with Crippen LogP contribution in [0.4, 0.5) is 4.39 Å². The van der Waals surface area contributed by atoms with E-state index < -0.39 is 67.8 Å². The van der Waals surface area contributed by atoms with Gasteiger partial charge in [-0.1, -0.05) is 18.2 Å². The van der Waals surface area contributed by atoms with E-state index in [0.717, 1.165) is 23.8 Å². The lowest BCUT2D eigenvalue weighted by Gasteiger charge is -2.25. The standard InChI is InChI=1S/C22H29FN3O9P/c1-13(2)33-19(29)14(3)25-36(31,35-15-8-6-5-7-9-15)32-12-16-18(28)22(4,23)20(34-16)26-11-10-17(27)24-21(26)30/h5-11,13-14,16,18,20,28H,12H2,1-4H3,(H,25,31)(H,24,27,30)/t14?,16-,18?,20+,22+,36?/m0/s1. The smallest absolute Gasteiger partial charge is 0.459 e. The van der Waals surface area contributed by atoms with E-state index in [4.69, 9.17) is 18.5 Å². The number of rotatable bonds is 10. The van der Waals surface area contributed by atoms with Gasteiger partial charge in [0.05, 0.1) is 12.7 Å². The molecule has 0 aliphatic carbocycles. The number of aromatic amines is 1. The minimum atomic E-state index is -4.30. The average molecular weight is 529 g/mol. The van der Waals surface area contributed by atoms with Gasteiger partial charge in [0.15, 0.2) is 11.9 Å². The van der Waals surface area contributed by atoms with E-state index in [-0.39, 0.29) is 5.75 Å². The number of nitrogens with zero attached hydrogens (tertiary/aromatic N) is 1. The highest BCUT2D eigenvalue weighted by atomic mass is 31.2. The average Bonchev–Trinajstić information content (AvgIpc) is 3.01. The minimum Gasteiger partial charge on any atom is -0.462 e. The number of hydrogen-bond donors (Lipinski definition) is 3. The molecule has 12 nitrogen and oxygen atoms in total. The maximum atomic E-state index is 15.4. The molecule has 1 fully saturated rings. The molecule has 1 aromatic carbocycles. The van der Waals surface area contributed by atoms with Crippen molar-refractivity contribution in [2.24, 2.45) is 0 Å². The molecular weight excluding hydrogens is 500 g/mol. The van der Waals surface area contributed by atoms with Crippen molar-refractivity contribution in [1.29, 1.82) is 0 Å². The van der Waals surface area contributed by atoms with E-state index in [2.05, 4.69) is 5.09 Å². The van der Waals surface area contributed by atoms with Gasteiger partial charge in [-0.05, 0) is 39.8 Å². The first kappa shape index (κ1) is 27.8. The van der Waals surface area contributed by atoms with Gasteiger partial charge in [0, 0.05) is 12.3 Å². The van der Waals surface area contributed by atoms with Crippen molar-refractivity contribution in [2.75, 3.05) is 6.61 Å². The number of hydrogen-bond acceptors (Lipinski definition) is 9. The molecule has 0 spiro atoms. The van der Waals surface area contributed by atoms with Gasteiger partial charge in [-0.2, -0.15) is 5.09 Å². The highest BCUT2D eigenvalue weighted by Crippen LogP contribution is 2.47. The lowest BCUT2D eigenvalue weighted by Crippen LogP contribution is -2.43. The van der Waals surface area contributed by atoms with Crippen LogP contribution in [0.1, 0.15) is 33.9 Å². The van der Waals surface area contributed by atoms with Gasteiger partial charge in [0.25, 0.3) is 5.56 Å². The highest BCUT2D eigenvalue weighted by Gasteiger charge is 2.55. The molecule has 3 rings (SSSR count). The number of alkyl halides is 1. The van der Waals surface area contributed by atoms with Crippen LogP contribution in [0, 0.1) is 0 Å². The Morgan fingerprint density at radius 1 is 1.28 bits per heavy atom. The van der Waals surface area contributed by atoms with Crippen LogP contribution in [0.2, 0.25) is 0 Å². The lowest BCUT2D eigenvalue weighted by molar-refractivity contribution is -0.149. The molecular formula is C22H29FN3O9P. The summed E-state index contributed by atoms with van der Waals surface area (Å²) < 4.78 is 51.4. The van der Waals surface area contributed by atoms with Crippen molar-refractivity contribution in [1.82, 2.24) is 14.6 Å². The lowest BCUT2D eigenvalue weighted by atomic mass is 9.98. The first-order valence-electron chi connectivity index (χ1n) is 11.1. The second-order valence-electron chi connectivity index (χ2n) is 8.67. The van der Waals surface area contributed by atoms with Gasteiger partial charge >= 0.3 is 19.4 Å².